The summed E-state index contributed by atoms with van der Waals surface area (Å²) in [7, 11) is 0. The fourth-order valence-corrected chi connectivity index (χ4v) is 2.28. The van der Waals surface area contributed by atoms with Crippen LogP contribution in [-0.4, -0.2) is 6.54 Å². The second-order valence-corrected chi connectivity index (χ2v) is 5.25. The van der Waals surface area contributed by atoms with Crippen LogP contribution in [0.2, 0.25) is 5.02 Å². The van der Waals surface area contributed by atoms with Gasteiger partial charge in [-0.05, 0) is 43.5 Å². The number of hydrogen-bond donors (Lipinski definition) is 1. The number of nitrogens with one attached hydrogen (secondary N) is 1. The molecule has 1 aliphatic carbocycles. The quantitative estimate of drug-likeness (QED) is 0.810. The van der Waals surface area contributed by atoms with Crippen LogP contribution < -0.4 is 5.32 Å². The van der Waals surface area contributed by atoms with E-state index in [1.807, 2.05) is 12.1 Å². The summed E-state index contributed by atoms with van der Waals surface area (Å²) in [5, 5.41) is 4.38. The van der Waals surface area contributed by atoms with Crippen LogP contribution in [0.1, 0.15) is 44.2 Å². The summed E-state index contributed by atoms with van der Waals surface area (Å²) in [4.78, 5) is 0. The first-order valence-electron chi connectivity index (χ1n) is 6.24. The molecule has 0 spiro atoms. The summed E-state index contributed by atoms with van der Waals surface area (Å²) in [6.07, 6.45) is 5.66. The highest BCUT2D eigenvalue weighted by Gasteiger charge is 2.16. The number of halogens is 1. The Hall–Kier alpha value is -0.530. The monoisotopic (exact) mass is 237 g/mol. The van der Waals surface area contributed by atoms with Crippen LogP contribution >= 0.6 is 11.6 Å². The molecule has 1 atom stereocenters. The standard InChI is InChI=1S/C14H20ClN/c1-11(13-5-7-14(15)8-6-13)16-10-9-12-3-2-4-12/h5-8,11-12,16H,2-4,9-10H2,1H3. The van der Waals surface area contributed by atoms with Gasteiger partial charge in [0, 0.05) is 11.1 Å². The van der Waals surface area contributed by atoms with Crippen LogP contribution in [0.25, 0.3) is 0 Å². The predicted octanol–water partition coefficient (Wildman–Crippen LogP) is 4.18. The molecule has 0 saturated heterocycles. The van der Waals surface area contributed by atoms with Gasteiger partial charge in [-0.25, -0.2) is 0 Å². The maximum absolute atomic E-state index is 5.87. The average molecular weight is 238 g/mol. The van der Waals surface area contributed by atoms with E-state index < -0.39 is 0 Å². The van der Waals surface area contributed by atoms with Gasteiger partial charge in [-0.3, -0.25) is 0 Å². The smallest absolute Gasteiger partial charge is 0.0406 e. The van der Waals surface area contributed by atoms with Gasteiger partial charge >= 0.3 is 0 Å². The molecule has 0 aliphatic heterocycles. The normalized spacial score (nSPS) is 18.1. The lowest BCUT2D eigenvalue weighted by molar-refractivity contribution is 0.288. The van der Waals surface area contributed by atoms with Gasteiger partial charge in [0.05, 0.1) is 0 Å². The lowest BCUT2D eigenvalue weighted by Gasteiger charge is -2.26. The van der Waals surface area contributed by atoms with Crippen molar-refractivity contribution in [2.75, 3.05) is 6.54 Å². The molecule has 0 aromatic heterocycles. The van der Waals surface area contributed by atoms with E-state index in [4.69, 9.17) is 11.6 Å². The van der Waals surface area contributed by atoms with Crippen LogP contribution in [0.4, 0.5) is 0 Å². The molecule has 88 valence electrons. The maximum atomic E-state index is 5.87. The highest BCUT2D eigenvalue weighted by atomic mass is 35.5. The molecule has 0 bridgehead atoms. The maximum Gasteiger partial charge on any atom is 0.0406 e. The molecule has 1 saturated carbocycles. The van der Waals surface area contributed by atoms with Crippen LogP contribution in [-0.2, 0) is 0 Å². The third-order valence-electron chi connectivity index (χ3n) is 3.60. The Bertz CT molecular complexity index is 316. The van der Waals surface area contributed by atoms with Gasteiger partial charge in [-0.1, -0.05) is 43.0 Å². The van der Waals surface area contributed by atoms with Crippen LogP contribution in [0.15, 0.2) is 24.3 Å². The molecule has 1 aromatic carbocycles. The van der Waals surface area contributed by atoms with Gasteiger partial charge in [0.25, 0.3) is 0 Å². The van der Waals surface area contributed by atoms with Crippen LogP contribution in [0.5, 0.6) is 0 Å². The first-order valence-corrected chi connectivity index (χ1v) is 6.62. The van der Waals surface area contributed by atoms with Crippen molar-refractivity contribution in [3.05, 3.63) is 34.9 Å². The molecule has 0 heterocycles. The summed E-state index contributed by atoms with van der Waals surface area (Å²) < 4.78 is 0. The highest BCUT2D eigenvalue weighted by Crippen LogP contribution is 2.29. The van der Waals surface area contributed by atoms with Gasteiger partial charge in [0.1, 0.15) is 0 Å². The number of hydrogen-bond acceptors (Lipinski definition) is 1. The molecule has 0 amide bonds. The average Bonchev–Trinajstić information content (AvgIpc) is 2.22. The fourth-order valence-electron chi connectivity index (χ4n) is 2.15. The van der Waals surface area contributed by atoms with E-state index >= 15 is 0 Å². The number of rotatable bonds is 5. The zero-order valence-electron chi connectivity index (χ0n) is 9.88. The molecular weight excluding hydrogens is 218 g/mol. The molecule has 1 fully saturated rings. The molecule has 1 unspecified atom stereocenters. The molecule has 2 heteroatoms. The van der Waals surface area contributed by atoms with Gasteiger partial charge in [0.15, 0.2) is 0 Å². The van der Waals surface area contributed by atoms with E-state index in [9.17, 15) is 0 Å². The Balaban J connectivity index is 1.73. The van der Waals surface area contributed by atoms with E-state index in [1.165, 1.54) is 31.2 Å². The van der Waals surface area contributed by atoms with Crippen molar-refractivity contribution in [2.45, 2.75) is 38.6 Å². The van der Waals surface area contributed by atoms with Gasteiger partial charge in [-0.15, -0.1) is 0 Å². The minimum absolute atomic E-state index is 0.428. The van der Waals surface area contributed by atoms with Gasteiger partial charge in [0.2, 0.25) is 0 Å². The molecule has 2 rings (SSSR count). The Morgan fingerprint density at radius 3 is 2.56 bits per heavy atom. The summed E-state index contributed by atoms with van der Waals surface area (Å²) in [6, 6.07) is 8.55. The summed E-state index contributed by atoms with van der Waals surface area (Å²) in [6.45, 7) is 3.35. The lowest BCUT2D eigenvalue weighted by Crippen LogP contribution is -2.24. The Labute approximate surface area is 103 Å². The van der Waals surface area contributed by atoms with Gasteiger partial charge in [-0.2, -0.15) is 0 Å². The minimum Gasteiger partial charge on any atom is -0.310 e. The third kappa shape index (κ3) is 3.23. The zero-order valence-corrected chi connectivity index (χ0v) is 10.6. The van der Waals surface area contributed by atoms with Crippen molar-refractivity contribution in [2.24, 2.45) is 5.92 Å². The highest BCUT2D eigenvalue weighted by molar-refractivity contribution is 6.30. The SMILES string of the molecule is CC(NCCC1CCC1)c1ccc(Cl)cc1. The van der Waals surface area contributed by atoms with Crippen molar-refractivity contribution in [1.29, 1.82) is 0 Å². The zero-order chi connectivity index (χ0) is 11.4. The van der Waals surface area contributed by atoms with Crippen molar-refractivity contribution in [3.8, 4) is 0 Å². The number of benzene rings is 1. The second-order valence-electron chi connectivity index (χ2n) is 4.81. The minimum atomic E-state index is 0.428. The molecular formula is C14H20ClN. The van der Waals surface area contributed by atoms with Crippen molar-refractivity contribution in [3.63, 3.8) is 0 Å². The van der Waals surface area contributed by atoms with Crippen molar-refractivity contribution < 1.29 is 0 Å². The summed E-state index contributed by atoms with van der Waals surface area (Å²) >= 11 is 5.87. The first-order chi connectivity index (χ1) is 7.75. The topological polar surface area (TPSA) is 12.0 Å². The molecule has 16 heavy (non-hydrogen) atoms. The molecule has 1 aromatic rings. The fraction of sp³-hybridized carbons (Fsp3) is 0.571. The van der Waals surface area contributed by atoms with E-state index in [2.05, 4.69) is 24.4 Å². The van der Waals surface area contributed by atoms with E-state index in [-0.39, 0.29) is 0 Å². The molecule has 1 nitrogen and oxygen atoms in total. The molecule has 1 aliphatic rings. The van der Waals surface area contributed by atoms with Crippen LogP contribution in [0.3, 0.4) is 0 Å². The van der Waals surface area contributed by atoms with E-state index in [1.54, 1.807) is 0 Å². The van der Waals surface area contributed by atoms with E-state index in [0.717, 1.165) is 17.5 Å². The Morgan fingerprint density at radius 1 is 1.31 bits per heavy atom. The van der Waals surface area contributed by atoms with Crippen LogP contribution in [0, 0.1) is 5.92 Å². The second kappa shape index (κ2) is 5.70. The lowest BCUT2D eigenvalue weighted by atomic mass is 9.83. The molecule has 0 radical (unpaired) electrons. The van der Waals surface area contributed by atoms with E-state index in [0.29, 0.717) is 6.04 Å². The van der Waals surface area contributed by atoms with Crippen molar-refractivity contribution in [1.82, 2.24) is 5.32 Å². The Kier molecular flexibility index (Phi) is 4.25. The molecule has 1 N–H and O–H groups in total. The van der Waals surface area contributed by atoms with Gasteiger partial charge < -0.3 is 5.32 Å². The Morgan fingerprint density at radius 2 is 2.00 bits per heavy atom. The largest absolute Gasteiger partial charge is 0.310 e. The third-order valence-corrected chi connectivity index (χ3v) is 3.85. The summed E-state index contributed by atoms with van der Waals surface area (Å²) in [5.41, 5.74) is 1.32. The predicted molar refractivity (Wildman–Crippen MR) is 69.8 cm³/mol. The first kappa shape index (κ1) is 11.9. The summed E-state index contributed by atoms with van der Waals surface area (Å²) in [5.74, 6) is 0.991. The van der Waals surface area contributed by atoms with Crippen molar-refractivity contribution >= 4 is 11.6 Å².